The van der Waals surface area contributed by atoms with Gasteiger partial charge in [0.25, 0.3) is 0 Å². The van der Waals surface area contributed by atoms with Crippen LogP contribution in [-0.2, 0) is 4.74 Å². The number of rotatable bonds is 3. The van der Waals surface area contributed by atoms with Crippen molar-refractivity contribution in [3.8, 4) is 0 Å². The standard InChI is InChI=1S/C13H12ClN3O2/c1-8-15-7-11(13(18)19-2)12(16-8)17-10-5-3-4-9(14)6-10/h3-7H,1-2H3,(H,15,16,17). The summed E-state index contributed by atoms with van der Waals surface area (Å²) in [6.45, 7) is 1.74. The minimum absolute atomic E-state index is 0.271. The van der Waals surface area contributed by atoms with Crippen LogP contribution in [0, 0.1) is 6.92 Å². The van der Waals surface area contributed by atoms with E-state index in [2.05, 4.69) is 15.3 Å². The Labute approximate surface area is 115 Å². The second-order valence-corrected chi connectivity index (χ2v) is 4.24. The molecule has 0 saturated carbocycles. The number of hydrogen-bond donors (Lipinski definition) is 1. The van der Waals surface area contributed by atoms with Crippen LogP contribution in [-0.4, -0.2) is 23.0 Å². The van der Waals surface area contributed by atoms with E-state index in [0.29, 0.717) is 16.7 Å². The summed E-state index contributed by atoms with van der Waals surface area (Å²) in [6.07, 6.45) is 1.43. The predicted molar refractivity (Wildman–Crippen MR) is 72.8 cm³/mol. The number of nitrogens with zero attached hydrogens (tertiary/aromatic N) is 2. The molecule has 1 aromatic heterocycles. The molecule has 6 heteroatoms. The normalized spacial score (nSPS) is 10.1. The van der Waals surface area contributed by atoms with Crippen LogP contribution in [0.15, 0.2) is 30.5 Å². The zero-order valence-electron chi connectivity index (χ0n) is 10.5. The van der Waals surface area contributed by atoms with Crippen LogP contribution in [0.4, 0.5) is 11.5 Å². The lowest BCUT2D eigenvalue weighted by molar-refractivity contribution is 0.0601. The summed E-state index contributed by atoms with van der Waals surface area (Å²) in [5.41, 5.74) is 1.00. The molecule has 98 valence electrons. The number of methoxy groups -OCH3 is 1. The van der Waals surface area contributed by atoms with Gasteiger partial charge in [0, 0.05) is 16.9 Å². The van der Waals surface area contributed by atoms with Crippen LogP contribution in [0.25, 0.3) is 0 Å². The number of ether oxygens (including phenoxy) is 1. The van der Waals surface area contributed by atoms with Gasteiger partial charge in [-0.3, -0.25) is 0 Å². The number of carbonyl (C=O) groups is 1. The van der Waals surface area contributed by atoms with E-state index in [1.54, 1.807) is 25.1 Å². The highest BCUT2D eigenvalue weighted by molar-refractivity contribution is 6.30. The maximum absolute atomic E-state index is 11.6. The number of hydrogen-bond acceptors (Lipinski definition) is 5. The highest BCUT2D eigenvalue weighted by atomic mass is 35.5. The zero-order valence-corrected chi connectivity index (χ0v) is 11.2. The number of nitrogens with one attached hydrogen (secondary N) is 1. The second-order valence-electron chi connectivity index (χ2n) is 3.81. The molecule has 0 atom stereocenters. The number of carbonyl (C=O) groups excluding carboxylic acids is 1. The molecule has 2 aromatic rings. The fourth-order valence-electron chi connectivity index (χ4n) is 1.53. The molecule has 1 heterocycles. The van der Waals surface area contributed by atoms with Gasteiger partial charge in [0.05, 0.1) is 7.11 Å². The number of esters is 1. The third-order valence-corrected chi connectivity index (χ3v) is 2.64. The van der Waals surface area contributed by atoms with Gasteiger partial charge in [-0.05, 0) is 25.1 Å². The first-order valence-corrected chi connectivity index (χ1v) is 5.92. The van der Waals surface area contributed by atoms with E-state index in [9.17, 15) is 4.79 Å². The van der Waals surface area contributed by atoms with E-state index in [-0.39, 0.29) is 5.56 Å². The average molecular weight is 278 g/mol. The van der Waals surface area contributed by atoms with Crippen molar-refractivity contribution in [2.24, 2.45) is 0 Å². The molecule has 0 amide bonds. The van der Waals surface area contributed by atoms with Crippen molar-refractivity contribution in [1.29, 1.82) is 0 Å². The SMILES string of the molecule is COC(=O)c1cnc(C)nc1Nc1cccc(Cl)c1. The number of anilines is 2. The number of benzene rings is 1. The molecule has 1 aromatic carbocycles. The molecule has 5 nitrogen and oxygen atoms in total. The number of aromatic nitrogens is 2. The fourth-order valence-corrected chi connectivity index (χ4v) is 1.72. The Hall–Kier alpha value is -2.14. The summed E-state index contributed by atoms with van der Waals surface area (Å²) in [7, 11) is 1.31. The molecule has 1 N–H and O–H groups in total. The molecule has 0 unspecified atom stereocenters. The van der Waals surface area contributed by atoms with Gasteiger partial charge in [-0.25, -0.2) is 14.8 Å². The average Bonchev–Trinajstić information content (AvgIpc) is 2.38. The molecule has 19 heavy (non-hydrogen) atoms. The summed E-state index contributed by atoms with van der Waals surface area (Å²) in [5.74, 6) is 0.448. The topological polar surface area (TPSA) is 64.1 Å². The van der Waals surface area contributed by atoms with Crippen LogP contribution in [0.1, 0.15) is 16.2 Å². The summed E-state index contributed by atoms with van der Waals surface area (Å²) in [5, 5.41) is 3.63. The van der Waals surface area contributed by atoms with Crippen molar-refractivity contribution in [1.82, 2.24) is 9.97 Å². The van der Waals surface area contributed by atoms with Gasteiger partial charge in [0.1, 0.15) is 17.2 Å². The van der Waals surface area contributed by atoms with Crippen LogP contribution in [0.2, 0.25) is 5.02 Å². The van der Waals surface area contributed by atoms with Crippen LogP contribution in [0.3, 0.4) is 0 Å². The molecule has 0 spiro atoms. The van der Waals surface area contributed by atoms with Gasteiger partial charge < -0.3 is 10.1 Å². The molecular formula is C13H12ClN3O2. The Bertz CT molecular complexity index is 617. The molecule has 2 rings (SSSR count). The minimum Gasteiger partial charge on any atom is -0.465 e. The summed E-state index contributed by atoms with van der Waals surface area (Å²) < 4.78 is 4.69. The maximum Gasteiger partial charge on any atom is 0.343 e. The van der Waals surface area contributed by atoms with Gasteiger partial charge in [-0.1, -0.05) is 17.7 Å². The highest BCUT2D eigenvalue weighted by Crippen LogP contribution is 2.21. The van der Waals surface area contributed by atoms with Crippen LogP contribution < -0.4 is 5.32 Å². The molecule has 0 radical (unpaired) electrons. The highest BCUT2D eigenvalue weighted by Gasteiger charge is 2.14. The Morgan fingerprint density at radius 2 is 2.21 bits per heavy atom. The fraction of sp³-hybridized carbons (Fsp3) is 0.154. The minimum atomic E-state index is -0.496. The maximum atomic E-state index is 11.6. The largest absolute Gasteiger partial charge is 0.465 e. The summed E-state index contributed by atoms with van der Waals surface area (Å²) >= 11 is 5.91. The van der Waals surface area contributed by atoms with Gasteiger partial charge >= 0.3 is 5.97 Å². The Balaban J connectivity index is 2.38. The van der Waals surface area contributed by atoms with Gasteiger partial charge in [-0.2, -0.15) is 0 Å². The lowest BCUT2D eigenvalue weighted by atomic mass is 10.2. The Morgan fingerprint density at radius 1 is 1.42 bits per heavy atom. The van der Waals surface area contributed by atoms with E-state index in [1.807, 2.05) is 6.07 Å². The quantitative estimate of drug-likeness (QED) is 0.874. The first-order valence-electron chi connectivity index (χ1n) is 5.54. The molecule has 0 bridgehead atoms. The van der Waals surface area contributed by atoms with Crippen molar-refractivity contribution in [3.63, 3.8) is 0 Å². The molecule has 0 aliphatic heterocycles. The van der Waals surface area contributed by atoms with Gasteiger partial charge in [0.15, 0.2) is 0 Å². The van der Waals surface area contributed by atoms with E-state index < -0.39 is 5.97 Å². The van der Waals surface area contributed by atoms with Crippen molar-refractivity contribution in [2.45, 2.75) is 6.92 Å². The first kappa shape index (κ1) is 13.3. The van der Waals surface area contributed by atoms with Gasteiger partial charge in [-0.15, -0.1) is 0 Å². The molecule has 0 saturated heterocycles. The molecular weight excluding hydrogens is 266 g/mol. The van der Waals surface area contributed by atoms with E-state index in [1.165, 1.54) is 13.3 Å². The molecule has 0 aliphatic rings. The lowest BCUT2D eigenvalue weighted by Crippen LogP contribution is -2.09. The molecule has 0 aliphatic carbocycles. The van der Waals surface area contributed by atoms with Gasteiger partial charge in [0.2, 0.25) is 0 Å². The summed E-state index contributed by atoms with van der Waals surface area (Å²) in [4.78, 5) is 19.8. The molecule has 0 fully saturated rings. The van der Waals surface area contributed by atoms with Crippen molar-refractivity contribution in [3.05, 3.63) is 46.9 Å². The van der Waals surface area contributed by atoms with E-state index >= 15 is 0 Å². The zero-order chi connectivity index (χ0) is 13.8. The predicted octanol–water partition coefficient (Wildman–Crippen LogP) is 2.97. The third-order valence-electron chi connectivity index (χ3n) is 2.40. The smallest absolute Gasteiger partial charge is 0.343 e. The lowest BCUT2D eigenvalue weighted by Gasteiger charge is -2.10. The van der Waals surface area contributed by atoms with E-state index in [0.717, 1.165) is 5.69 Å². The Morgan fingerprint density at radius 3 is 2.89 bits per heavy atom. The Kier molecular flexibility index (Phi) is 3.97. The monoisotopic (exact) mass is 277 g/mol. The third kappa shape index (κ3) is 3.20. The van der Waals surface area contributed by atoms with Crippen LogP contribution >= 0.6 is 11.6 Å². The number of aryl methyl sites for hydroxylation is 1. The van der Waals surface area contributed by atoms with E-state index in [4.69, 9.17) is 16.3 Å². The summed E-state index contributed by atoms with van der Waals surface area (Å²) in [6, 6.07) is 7.13. The van der Waals surface area contributed by atoms with Crippen molar-refractivity contribution >= 4 is 29.1 Å². The van der Waals surface area contributed by atoms with Crippen molar-refractivity contribution in [2.75, 3.05) is 12.4 Å². The number of halogens is 1. The second kappa shape index (κ2) is 5.67. The first-order chi connectivity index (χ1) is 9.10. The van der Waals surface area contributed by atoms with Crippen LogP contribution in [0.5, 0.6) is 0 Å². The van der Waals surface area contributed by atoms with Crippen molar-refractivity contribution < 1.29 is 9.53 Å².